The van der Waals surface area contributed by atoms with Gasteiger partial charge >= 0.3 is 12.1 Å². The number of nitrogens with one attached hydrogen (secondary N) is 1. The molecule has 1 amide bonds. The van der Waals surface area contributed by atoms with Crippen LogP contribution in [0.25, 0.3) is 16.8 Å². The normalized spacial score (nSPS) is 11.7. The lowest BCUT2D eigenvalue weighted by atomic mass is 10.0. The first kappa shape index (κ1) is 16.0. The summed E-state index contributed by atoms with van der Waals surface area (Å²) in [5, 5.41) is 1.70. The molecule has 0 aliphatic heterocycles. The van der Waals surface area contributed by atoms with E-state index < -0.39 is 12.1 Å². The van der Waals surface area contributed by atoms with Crippen LogP contribution in [0.15, 0.2) is 42.7 Å². The third kappa shape index (κ3) is 2.94. The number of carbonyl (C=O) groups is 1. The van der Waals surface area contributed by atoms with Gasteiger partial charge in [0.15, 0.2) is 5.82 Å². The number of fused-ring (bicyclic) bond motifs is 1. The summed E-state index contributed by atoms with van der Waals surface area (Å²) in [6.45, 7) is 1.64. The summed E-state index contributed by atoms with van der Waals surface area (Å²) in [5.74, 6) is -2.66. The molecule has 0 saturated carbocycles. The van der Waals surface area contributed by atoms with Gasteiger partial charge in [0.05, 0.1) is 6.20 Å². The van der Waals surface area contributed by atoms with Crippen molar-refractivity contribution >= 4 is 17.4 Å². The largest absolute Gasteiger partial charge is 0.471 e. The maximum Gasteiger partial charge on any atom is 0.471 e. The molecule has 2 aromatic heterocycles. The zero-order valence-corrected chi connectivity index (χ0v) is 12.4. The summed E-state index contributed by atoms with van der Waals surface area (Å²) in [6, 6.07) is 7.91. The molecule has 8 heteroatoms. The zero-order chi connectivity index (χ0) is 17.5. The number of rotatable bonds is 2. The van der Waals surface area contributed by atoms with Crippen LogP contribution in [0.5, 0.6) is 0 Å². The van der Waals surface area contributed by atoms with Crippen molar-refractivity contribution in [2.75, 3.05) is 5.32 Å². The SMILES string of the molecule is Cc1c(F)cccc1-c1ccc2nc(NC(=O)C(F)(F)F)cn2c1. The van der Waals surface area contributed by atoms with Crippen LogP contribution in [-0.4, -0.2) is 21.5 Å². The van der Waals surface area contributed by atoms with Crippen LogP contribution in [0.3, 0.4) is 0 Å². The van der Waals surface area contributed by atoms with E-state index in [1.54, 1.807) is 42.7 Å². The van der Waals surface area contributed by atoms with E-state index in [1.165, 1.54) is 16.7 Å². The molecule has 3 rings (SSSR count). The van der Waals surface area contributed by atoms with Crippen LogP contribution in [0.1, 0.15) is 5.56 Å². The van der Waals surface area contributed by atoms with Crippen LogP contribution in [-0.2, 0) is 4.79 Å². The van der Waals surface area contributed by atoms with Crippen molar-refractivity contribution in [2.24, 2.45) is 0 Å². The molecule has 0 aliphatic carbocycles. The Morgan fingerprint density at radius 2 is 1.92 bits per heavy atom. The van der Waals surface area contributed by atoms with Crippen molar-refractivity contribution in [2.45, 2.75) is 13.1 Å². The van der Waals surface area contributed by atoms with Crippen LogP contribution in [0.2, 0.25) is 0 Å². The smallest absolute Gasteiger partial charge is 0.304 e. The maximum absolute atomic E-state index is 13.7. The lowest BCUT2D eigenvalue weighted by Crippen LogP contribution is -2.30. The Labute approximate surface area is 133 Å². The van der Waals surface area contributed by atoms with Gasteiger partial charge < -0.3 is 9.72 Å². The fourth-order valence-electron chi connectivity index (χ4n) is 2.32. The summed E-state index contributed by atoms with van der Waals surface area (Å²) in [7, 11) is 0. The summed E-state index contributed by atoms with van der Waals surface area (Å²) >= 11 is 0. The van der Waals surface area contributed by atoms with Crippen molar-refractivity contribution in [3.8, 4) is 11.1 Å². The van der Waals surface area contributed by atoms with Crippen molar-refractivity contribution in [1.29, 1.82) is 0 Å². The monoisotopic (exact) mass is 337 g/mol. The number of amides is 1. The minimum absolute atomic E-state index is 0.217. The number of hydrogen-bond donors (Lipinski definition) is 1. The number of pyridine rings is 1. The highest BCUT2D eigenvalue weighted by Crippen LogP contribution is 2.26. The van der Waals surface area contributed by atoms with Crippen molar-refractivity contribution in [3.63, 3.8) is 0 Å². The van der Waals surface area contributed by atoms with Gasteiger partial charge in [-0.1, -0.05) is 12.1 Å². The highest BCUT2D eigenvalue weighted by atomic mass is 19.4. The third-order valence-electron chi connectivity index (χ3n) is 3.53. The summed E-state index contributed by atoms with van der Waals surface area (Å²) in [5.41, 5.74) is 2.14. The number of nitrogens with zero attached hydrogens (tertiary/aromatic N) is 2. The molecule has 0 atom stereocenters. The number of alkyl halides is 3. The first-order chi connectivity index (χ1) is 11.3. The zero-order valence-electron chi connectivity index (χ0n) is 12.4. The Kier molecular flexibility index (Phi) is 3.75. The summed E-state index contributed by atoms with van der Waals surface area (Å²) < 4.78 is 52.0. The summed E-state index contributed by atoms with van der Waals surface area (Å²) in [6.07, 6.45) is -2.12. The number of aromatic nitrogens is 2. The molecule has 3 aromatic rings. The molecule has 0 saturated heterocycles. The molecule has 0 spiro atoms. The first-order valence-corrected chi connectivity index (χ1v) is 6.88. The number of benzene rings is 1. The second kappa shape index (κ2) is 5.63. The topological polar surface area (TPSA) is 46.4 Å². The Bertz CT molecular complexity index is 931. The highest BCUT2D eigenvalue weighted by Gasteiger charge is 2.39. The average molecular weight is 337 g/mol. The van der Waals surface area contributed by atoms with Crippen molar-refractivity contribution in [1.82, 2.24) is 9.38 Å². The van der Waals surface area contributed by atoms with Crippen molar-refractivity contribution < 1.29 is 22.4 Å². The highest BCUT2D eigenvalue weighted by molar-refractivity contribution is 5.94. The molecule has 0 radical (unpaired) electrons. The van der Waals surface area contributed by atoms with E-state index in [2.05, 4.69) is 4.98 Å². The van der Waals surface area contributed by atoms with E-state index in [0.29, 0.717) is 22.3 Å². The van der Waals surface area contributed by atoms with Gasteiger partial charge in [-0.05, 0) is 41.8 Å². The lowest BCUT2D eigenvalue weighted by molar-refractivity contribution is -0.167. The number of anilines is 1. The van der Waals surface area contributed by atoms with Crippen LogP contribution in [0, 0.1) is 12.7 Å². The lowest BCUT2D eigenvalue weighted by Gasteiger charge is -2.07. The van der Waals surface area contributed by atoms with Gasteiger partial charge in [-0.3, -0.25) is 4.79 Å². The van der Waals surface area contributed by atoms with E-state index in [4.69, 9.17) is 0 Å². The number of hydrogen-bond acceptors (Lipinski definition) is 2. The third-order valence-corrected chi connectivity index (χ3v) is 3.53. The van der Waals surface area contributed by atoms with Crippen LogP contribution < -0.4 is 5.32 Å². The Hall–Kier alpha value is -2.90. The fourth-order valence-corrected chi connectivity index (χ4v) is 2.32. The van der Waals surface area contributed by atoms with Crippen LogP contribution >= 0.6 is 0 Å². The second-order valence-electron chi connectivity index (χ2n) is 5.17. The Morgan fingerprint density at radius 1 is 1.17 bits per heavy atom. The van der Waals surface area contributed by atoms with Crippen molar-refractivity contribution in [3.05, 3.63) is 54.1 Å². The number of imidazole rings is 1. The Morgan fingerprint density at radius 3 is 2.62 bits per heavy atom. The molecular formula is C16H11F4N3O. The predicted octanol–water partition coefficient (Wildman–Crippen LogP) is 3.95. The van der Waals surface area contributed by atoms with Gasteiger partial charge in [0.25, 0.3) is 0 Å². The van der Waals surface area contributed by atoms with Gasteiger partial charge in [0.1, 0.15) is 11.5 Å². The molecule has 0 unspecified atom stereocenters. The fraction of sp³-hybridized carbons (Fsp3) is 0.125. The molecule has 124 valence electrons. The van der Waals surface area contributed by atoms with E-state index in [1.807, 2.05) is 0 Å². The van der Waals surface area contributed by atoms with Gasteiger partial charge in [-0.15, -0.1) is 0 Å². The van der Waals surface area contributed by atoms with Gasteiger partial charge in [0.2, 0.25) is 0 Å². The average Bonchev–Trinajstić information content (AvgIpc) is 2.90. The molecule has 4 nitrogen and oxygen atoms in total. The molecule has 24 heavy (non-hydrogen) atoms. The summed E-state index contributed by atoms with van der Waals surface area (Å²) in [4.78, 5) is 14.9. The first-order valence-electron chi connectivity index (χ1n) is 6.88. The minimum atomic E-state index is -4.99. The van der Waals surface area contributed by atoms with E-state index >= 15 is 0 Å². The van der Waals surface area contributed by atoms with Gasteiger partial charge in [-0.2, -0.15) is 13.2 Å². The molecule has 0 bridgehead atoms. The Balaban J connectivity index is 1.98. The van der Waals surface area contributed by atoms with E-state index in [9.17, 15) is 22.4 Å². The molecular weight excluding hydrogens is 326 g/mol. The minimum Gasteiger partial charge on any atom is -0.304 e. The number of carbonyl (C=O) groups excluding carboxylic acids is 1. The standard InChI is InChI=1S/C16H11F4N3O/c1-9-11(3-2-4-12(9)17)10-5-6-14-21-13(8-23(14)7-10)22-15(24)16(18,19)20/h2-8H,1H3,(H,22,24). The van der Waals surface area contributed by atoms with Gasteiger partial charge in [-0.25, -0.2) is 9.37 Å². The van der Waals surface area contributed by atoms with Gasteiger partial charge in [0, 0.05) is 6.20 Å². The predicted molar refractivity (Wildman–Crippen MR) is 80.0 cm³/mol. The quantitative estimate of drug-likeness (QED) is 0.720. The molecule has 2 heterocycles. The molecule has 0 fully saturated rings. The molecule has 1 N–H and O–H groups in total. The molecule has 1 aromatic carbocycles. The van der Waals surface area contributed by atoms with E-state index in [-0.39, 0.29) is 11.6 Å². The van der Waals surface area contributed by atoms with E-state index in [0.717, 1.165) is 0 Å². The second-order valence-corrected chi connectivity index (χ2v) is 5.17. The molecule has 0 aliphatic rings. The maximum atomic E-state index is 13.7. The van der Waals surface area contributed by atoms with Crippen LogP contribution in [0.4, 0.5) is 23.4 Å². The number of halogens is 4.